The van der Waals surface area contributed by atoms with Gasteiger partial charge in [0, 0.05) is 23.7 Å². The highest BCUT2D eigenvalue weighted by molar-refractivity contribution is 5.70. The van der Waals surface area contributed by atoms with Gasteiger partial charge in [0.1, 0.15) is 23.1 Å². The summed E-state index contributed by atoms with van der Waals surface area (Å²) in [6.45, 7) is 6.77. The van der Waals surface area contributed by atoms with Gasteiger partial charge in [0.05, 0.1) is 19.9 Å². The third-order valence-electron chi connectivity index (χ3n) is 3.23. The Labute approximate surface area is 125 Å². The van der Waals surface area contributed by atoms with E-state index in [1.54, 1.807) is 14.2 Å². The summed E-state index contributed by atoms with van der Waals surface area (Å²) in [7, 11) is 3.28. The van der Waals surface area contributed by atoms with Crippen LogP contribution in [0.25, 0.3) is 11.3 Å². The summed E-state index contributed by atoms with van der Waals surface area (Å²) in [5, 5.41) is 3.27. The first kappa shape index (κ1) is 15.1. The predicted molar refractivity (Wildman–Crippen MR) is 84.2 cm³/mol. The molecule has 1 heterocycles. The standard InChI is InChI=1S/C16H21N3O2/c1-6-17-16-10(2)15(18-11(3)19-16)12-7-13(20-4)9-14(8-12)21-5/h7-9H,6H2,1-5H3,(H,17,18,19). The Hall–Kier alpha value is -2.30. The van der Waals surface area contributed by atoms with Gasteiger partial charge in [-0.15, -0.1) is 0 Å². The molecule has 0 bridgehead atoms. The molecule has 1 aromatic carbocycles. The Morgan fingerprint density at radius 3 is 2.14 bits per heavy atom. The molecule has 0 amide bonds. The molecule has 2 aromatic rings. The van der Waals surface area contributed by atoms with Crippen LogP contribution >= 0.6 is 0 Å². The van der Waals surface area contributed by atoms with Gasteiger partial charge in [-0.25, -0.2) is 9.97 Å². The van der Waals surface area contributed by atoms with Crippen LogP contribution in [0, 0.1) is 13.8 Å². The van der Waals surface area contributed by atoms with Crippen molar-refractivity contribution in [2.24, 2.45) is 0 Å². The van der Waals surface area contributed by atoms with Gasteiger partial charge in [-0.3, -0.25) is 0 Å². The number of nitrogens with zero attached hydrogens (tertiary/aromatic N) is 2. The zero-order valence-electron chi connectivity index (χ0n) is 13.2. The number of hydrogen-bond donors (Lipinski definition) is 1. The van der Waals surface area contributed by atoms with Crippen LogP contribution in [0.5, 0.6) is 11.5 Å². The van der Waals surface area contributed by atoms with Gasteiger partial charge in [-0.05, 0) is 32.9 Å². The van der Waals surface area contributed by atoms with E-state index in [0.29, 0.717) is 0 Å². The number of rotatable bonds is 5. The molecule has 0 aliphatic heterocycles. The fourth-order valence-electron chi connectivity index (χ4n) is 2.19. The molecule has 0 aliphatic rings. The van der Waals surface area contributed by atoms with Crippen molar-refractivity contribution in [1.82, 2.24) is 9.97 Å². The van der Waals surface area contributed by atoms with Gasteiger partial charge >= 0.3 is 0 Å². The van der Waals surface area contributed by atoms with E-state index in [4.69, 9.17) is 9.47 Å². The highest BCUT2D eigenvalue weighted by Crippen LogP contribution is 2.32. The number of ether oxygens (including phenoxy) is 2. The molecular formula is C16H21N3O2. The second-order valence-electron chi connectivity index (χ2n) is 4.72. The second kappa shape index (κ2) is 6.43. The van der Waals surface area contributed by atoms with E-state index in [2.05, 4.69) is 15.3 Å². The van der Waals surface area contributed by atoms with Crippen molar-refractivity contribution >= 4 is 5.82 Å². The predicted octanol–water partition coefficient (Wildman–Crippen LogP) is 3.21. The van der Waals surface area contributed by atoms with Gasteiger partial charge < -0.3 is 14.8 Å². The number of aryl methyl sites for hydroxylation is 1. The van der Waals surface area contributed by atoms with Gasteiger partial charge in [-0.1, -0.05) is 0 Å². The summed E-state index contributed by atoms with van der Waals surface area (Å²) in [5.74, 6) is 3.07. The number of nitrogens with one attached hydrogen (secondary N) is 1. The largest absolute Gasteiger partial charge is 0.497 e. The molecule has 0 spiro atoms. The molecule has 0 saturated heterocycles. The Morgan fingerprint density at radius 1 is 1.00 bits per heavy atom. The fourth-order valence-corrected chi connectivity index (χ4v) is 2.19. The summed E-state index contributed by atoms with van der Waals surface area (Å²) in [4.78, 5) is 9.02. The molecule has 0 atom stereocenters. The molecule has 1 aromatic heterocycles. The van der Waals surface area contributed by atoms with Crippen molar-refractivity contribution in [3.63, 3.8) is 0 Å². The molecule has 2 rings (SSSR count). The van der Waals surface area contributed by atoms with Crippen molar-refractivity contribution < 1.29 is 9.47 Å². The van der Waals surface area contributed by atoms with Crippen LogP contribution in [0.4, 0.5) is 5.82 Å². The second-order valence-corrected chi connectivity index (χ2v) is 4.72. The van der Waals surface area contributed by atoms with E-state index >= 15 is 0 Å². The number of aromatic nitrogens is 2. The Balaban J connectivity index is 2.60. The monoisotopic (exact) mass is 287 g/mol. The molecule has 5 heteroatoms. The summed E-state index contributed by atoms with van der Waals surface area (Å²) < 4.78 is 10.7. The van der Waals surface area contributed by atoms with E-state index in [1.807, 2.05) is 39.0 Å². The molecule has 0 radical (unpaired) electrons. The molecule has 0 aliphatic carbocycles. The Morgan fingerprint density at radius 2 is 1.62 bits per heavy atom. The minimum Gasteiger partial charge on any atom is -0.497 e. The van der Waals surface area contributed by atoms with Crippen LogP contribution < -0.4 is 14.8 Å². The van der Waals surface area contributed by atoms with Crippen LogP contribution in [-0.4, -0.2) is 30.7 Å². The molecular weight excluding hydrogens is 266 g/mol. The lowest BCUT2D eigenvalue weighted by atomic mass is 10.1. The first-order chi connectivity index (χ1) is 10.1. The molecule has 0 unspecified atom stereocenters. The van der Waals surface area contributed by atoms with Crippen molar-refractivity contribution in [3.05, 3.63) is 29.6 Å². The van der Waals surface area contributed by atoms with Crippen molar-refractivity contribution in [1.29, 1.82) is 0 Å². The minimum absolute atomic E-state index is 0.730. The highest BCUT2D eigenvalue weighted by atomic mass is 16.5. The lowest BCUT2D eigenvalue weighted by molar-refractivity contribution is 0.394. The number of methoxy groups -OCH3 is 2. The zero-order chi connectivity index (χ0) is 15.4. The maximum absolute atomic E-state index is 5.33. The maximum atomic E-state index is 5.33. The SMILES string of the molecule is CCNc1nc(C)nc(-c2cc(OC)cc(OC)c2)c1C. The topological polar surface area (TPSA) is 56.3 Å². The van der Waals surface area contributed by atoms with Crippen LogP contribution in [0.3, 0.4) is 0 Å². The van der Waals surface area contributed by atoms with Crippen molar-refractivity contribution in [2.45, 2.75) is 20.8 Å². The Kier molecular flexibility index (Phi) is 4.62. The lowest BCUT2D eigenvalue weighted by Gasteiger charge is -2.14. The lowest BCUT2D eigenvalue weighted by Crippen LogP contribution is -2.06. The fraction of sp³-hybridized carbons (Fsp3) is 0.375. The van der Waals surface area contributed by atoms with Crippen LogP contribution in [-0.2, 0) is 0 Å². The average Bonchev–Trinajstić information content (AvgIpc) is 2.50. The van der Waals surface area contributed by atoms with Gasteiger partial charge in [-0.2, -0.15) is 0 Å². The molecule has 21 heavy (non-hydrogen) atoms. The third-order valence-corrected chi connectivity index (χ3v) is 3.23. The first-order valence-electron chi connectivity index (χ1n) is 6.91. The van der Waals surface area contributed by atoms with Crippen molar-refractivity contribution in [2.75, 3.05) is 26.1 Å². The molecule has 0 fully saturated rings. The molecule has 5 nitrogen and oxygen atoms in total. The number of hydrogen-bond acceptors (Lipinski definition) is 5. The molecule has 1 N–H and O–H groups in total. The van der Waals surface area contributed by atoms with E-state index in [0.717, 1.165) is 46.5 Å². The zero-order valence-corrected chi connectivity index (χ0v) is 13.2. The van der Waals surface area contributed by atoms with Crippen LogP contribution in [0.1, 0.15) is 18.3 Å². The van der Waals surface area contributed by atoms with Gasteiger partial charge in [0.2, 0.25) is 0 Å². The highest BCUT2D eigenvalue weighted by Gasteiger charge is 2.13. The summed E-state index contributed by atoms with van der Waals surface area (Å²) in [6, 6.07) is 5.75. The van der Waals surface area contributed by atoms with E-state index in [1.165, 1.54) is 0 Å². The van der Waals surface area contributed by atoms with Gasteiger partial charge in [0.25, 0.3) is 0 Å². The Bertz CT molecular complexity index is 619. The normalized spacial score (nSPS) is 10.3. The molecule has 0 saturated carbocycles. The maximum Gasteiger partial charge on any atom is 0.133 e. The third kappa shape index (κ3) is 3.24. The summed E-state index contributed by atoms with van der Waals surface area (Å²) in [5.41, 5.74) is 2.85. The van der Waals surface area contributed by atoms with Crippen molar-refractivity contribution in [3.8, 4) is 22.8 Å². The number of benzene rings is 1. The average molecular weight is 287 g/mol. The summed E-state index contributed by atoms with van der Waals surface area (Å²) in [6.07, 6.45) is 0. The first-order valence-corrected chi connectivity index (χ1v) is 6.91. The molecule has 112 valence electrons. The quantitative estimate of drug-likeness (QED) is 0.915. The minimum atomic E-state index is 0.730. The van der Waals surface area contributed by atoms with Crippen LogP contribution in [0.15, 0.2) is 18.2 Å². The van der Waals surface area contributed by atoms with E-state index in [-0.39, 0.29) is 0 Å². The van der Waals surface area contributed by atoms with Crippen LogP contribution in [0.2, 0.25) is 0 Å². The number of anilines is 1. The van der Waals surface area contributed by atoms with E-state index < -0.39 is 0 Å². The van der Waals surface area contributed by atoms with Gasteiger partial charge in [0.15, 0.2) is 0 Å². The van der Waals surface area contributed by atoms with E-state index in [9.17, 15) is 0 Å². The smallest absolute Gasteiger partial charge is 0.133 e. The summed E-state index contributed by atoms with van der Waals surface area (Å²) >= 11 is 0.